The van der Waals surface area contributed by atoms with Crippen LogP contribution in [-0.4, -0.2) is 12.2 Å². The summed E-state index contributed by atoms with van der Waals surface area (Å²) in [5.41, 5.74) is 0.851. The van der Waals surface area contributed by atoms with Gasteiger partial charge in [0.25, 0.3) is 0 Å². The molecule has 0 aliphatic heterocycles. The second kappa shape index (κ2) is 4.05. The Labute approximate surface area is 70.7 Å². The van der Waals surface area contributed by atoms with Gasteiger partial charge in [0, 0.05) is 5.56 Å². The Morgan fingerprint density at radius 3 is 2.45 bits per heavy atom. The quantitative estimate of drug-likeness (QED) is 0.382. The van der Waals surface area contributed by atoms with Crippen molar-refractivity contribution in [3.8, 4) is 0 Å². The van der Waals surface area contributed by atoms with Crippen molar-refractivity contribution in [3.63, 3.8) is 0 Å². The molecule has 0 spiro atoms. The van der Waals surface area contributed by atoms with E-state index in [0.717, 1.165) is 5.56 Å². The maximum atomic E-state index is 4.87. The summed E-state index contributed by atoms with van der Waals surface area (Å²) in [6.07, 6.45) is 0. The van der Waals surface area contributed by atoms with Crippen LogP contribution in [0, 0.1) is 0 Å². The van der Waals surface area contributed by atoms with Crippen LogP contribution in [0.25, 0.3) is 0 Å². The predicted octanol–water partition coefficient (Wildman–Crippen LogP) is 1.94. The van der Waals surface area contributed by atoms with Crippen LogP contribution >= 0.6 is 12.2 Å². The zero-order valence-electron chi connectivity index (χ0n) is 6.11. The molecule has 3 heteroatoms. The lowest BCUT2D eigenvalue weighted by molar-refractivity contribution is -0.190. The first-order valence-corrected chi connectivity index (χ1v) is 3.55. The molecule has 11 heavy (non-hydrogen) atoms. The standard InChI is InChI=1S/C8H8O2S/c1-9-10-8(11)7-5-3-2-4-6-7/h2-6H,1H3. The molecule has 0 atom stereocenters. The summed E-state index contributed by atoms with van der Waals surface area (Å²) in [7, 11) is 1.43. The van der Waals surface area contributed by atoms with Crippen LogP contribution in [0.2, 0.25) is 0 Å². The number of rotatable bonds is 2. The zero-order chi connectivity index (χ0) is 8.10. The summed E-state index contributed by atoms with van der Waals surface area (Å²) >= 11 is 4.87. The highest BCUT2D eigenvalue weighted by molar-refractivity contribution is 7.80. The highest BCUT2D eigenvalue weighted by Gasteiger charge is 1.99. The molecule has 0 aliphatic rings. The van der Waals surface area contributed by atoms with E-state index >= 15 is 0 Å². The van der Waals surface area contributed by atoms with E-state index in [2.05, 4.69) is 9.78 Å². The zero-order valence-corrected chi connectivity index (χ0v) is 6.93. The summed E-state index contributed by atoms with van der Waals surface area (Å²) in [4.78, 5) is 9.08. The molecule has 58 valence electrons. The summed E-state index contributed by atoms with van der Waals surface area (Å²) in [5, 5.41) is 0.355. The maximum absolute atomic E-state index is 4.87. The molecule has 0 saturated carbocycles. The van der Waals surface area contributed by atoms with Gasteiger partial charge in [-0.2, -0.15) is 4.89 Å². The largest absolute Gasteiger partial charge is 0.325 e. The molecule has 0 saturated heterocycles. The lowest BCUT2D eigenvalue weighted by atomic mass is 10.2. The van der Waals surface area contributed by atoms with Gasteiger partial charge < -0.3 is 4.89 Å². The van der Waals surface area contributed by atoms with Crippen molar-refractivity contribution >= 4 is 17.3 Å². The predicted molar refractivity (Wildman–Crippen MR) is 46.2 cm³/mol. The van der Waals surface area contributed by atoms with Gasteiger partial charge in [0.05, 0.1) is 7.11 Å². The second-order valence-corrected chi connectivity index (χ2v) is 2.27. The van der Waals surface area contributed by atoms with E-state index < -0.39 is 0 Å². The summed E-state index contributed by atoms with van der Waals surface area (Å²) in [6.45, 7) is 0. The van der Waals surface area contributed by atoms with Gasteiger partial charge in [0.1, 0.15) is 0 Å². The topological polar surface area (TPSA) is 18.5 Å². The Morgan fingerprint density at radius 2 is 1.91 bits per heavy atom. The molecule has 0 bridgehead atoms. The molecule has 0 heterocycles. The first kappa shape index (κ1) is 8.17. The number of hydrogen-bond acceptors (Lipinski definition) is 3. The smallest absolute Gasteiger partial charge is 0.236 e. The van der Waals surface area contributed by atoms with Crippen LogP contribution in [0.1, 0.15) is 5.56 Å². The molecule has 0 amide bonds. The first-order chi connectivity index (χ1) is 5.34. The highest BCUT2D eigenvalue weighted by atomic mass is 32.1. The van der Waals surface area contributed by atoms with Crippen LogP contribution in [-0.2, 0) is 9.78 Å². The van der Waals surface area contributed by atoms with Crippen LogP contribution in [0.4, 0.5) is 0 Å². The van der Waals surface area contributed by atoms with E-state index in [1.165, 1.54) is 7.11 Å². The van der Waals surface area contributed by atoms with Crippen molar-refractivity contribution in [1.29, 1.82) is 0 Å². The molecule has 0 radical (unpaired) electrons. The van der Waals surface area contributed by atoms with Crippen molar-refractivity contribution in [3.05, 3.63) is 35.9 Å². The third-order valence-corrected chi connectivity index (χ3v) is 1.47. The molecule has 0 aromatic heterocycles. The number of hydrogen-bond donors (Lipinski definition) is 0. The maximum Gasteiger partial charge on any atom is 0.236 e. The van der Waals surface area contributed by atoms with E-state index in [0.29, 0.717) is 5.05 Å². The van der Waals surface area contributed by atoms with Crippen molar-refractivity contribution in [2.24, 2.45) is 0 Å². The SMILES string of the molecule is COOC(=S)c1ccccc1. The van der Waals surface area contributed by atoms with Crippen molar-refractivity contribution in [2.75, 3.05) is 7.11 Å². The molecule has 0 aliphatic carbocycles. The Bertz CT molecular complexity index is 233. The van der Waals surface area contributed by atoms with Gasteiger partial charge in [-0.25, -0.2) is 0 Å². The normalized spacial score (nSPS) is 9.18. The fraction of sp³-hybridized carbons (Fsp3) is 0.125. The van der Waals surface area contributed by atoms with Crippen LogP contribution in [0.15, 0.2) is 30.3 Å². The minimum absolute atomic E-state index is 0.355. The van der Waals surface area contributed by atoms with Crippen molar-refractivity contribution < 1.29 is 9.78 Å². The van der Waals surface area contributed by atoms with Gasteiger partial charge in [-0.3, -0.25) is 0 Å². The molecular weight excluding hydrogens is 160 g/mol. The molecule has 0 fully saturated rings. The van der Waals surface area contributed by atoms with E-state index in [1.54, 1.807) is 0 Å². The lowest BCUT2D eigenvalue weighted by Crippen LogP contribution is -2.01. The highest BCUT2D eigenvalue weighted by Crippen LogP contribution is 2.01. The Kier molecular flexibility index (Phi) is 3.01. The third-order valence-electron chi connectivity index (χ3n) is 1.17. The van der Waals surface area contributed by atoms with E-state index in [1.807, 2.05) is 30.3 Å². The van der Waals surface area contributed by atoms with Gasteiger partial charge in [0.2, 0.25) is 5.05 Å². The Morgan fingerprint density at radius 1 is 1.27 bits per heavy atom. The fourth-order valence-electron chi connectivity index (χ4n) is 0.698. The Balaban J connectivity index is 2.69. The molecule has 0 N–H and O–H groups in total. The average Bonchev–Trinajstić information content (AvgIpc) is 2.07. The molecule has 0 unspecified atom stereocenters. The van der Waals surface area contributed by atoms with E-state index in [9.17, 15) is 0 Å². The first-order valence-electron chi connectivity index (χ1n) is 3.14. The number of thiocarbonyl (C=S) groups is 1. The van der Waals surface area contributed by atoms with Crippen LogP contribution in [0.5, 0.6) is 0 Å². The van der Waals surface area contributed by atoms with E-state index in [4.69, 9.17) is 12.2 Å². The molecular formula is C8H8O2S. The average molecular weight is 168 g/mol. The lowest BCUT2D eigenvalue weighted by Gasteiger charge is -2.00. The third kappa shape index (κ3) is 2.29. The van der Waals surface area contributed by atoms with Gasteiger partial charge in [-0.1, -0.05) is 30.3 Å². The minimum Gasteiger partial charge on any atom is -0.325 e. The summed E-state index contributed by atoms with van der Waals surface area (Å²) < 4.78 is 0. The fourth-order valence-corrected chi connectivity index (χ4v) is 0.902. The van der Waals surface area contributed by atoms with Crippen LogP contribution < -0.4 is 0 Å². The molecule has 1 rings (SSSR count). The van der Waals surface area contributed by atoms with Gasteiger partial charge in [-0.15, -0.1) is 0 Å². The van der Waals surface area contributed by atoms with Crippen LogP contribution in [0.3, 0.4) is 0 Å². The van der Waals surface area contributed by atoms with Crippen molar-refractivity contribution in [2.45, 2.75) is 0 Å². The Hall–Kier alpha value is -0.930. The van der Waals surface area contributed by atoms with Gasteiger partial charge >= 0.3 is 0 Å². The summed E-state index contributed by atoms with van der Waals surface area (Å²) in [5.74, 6) is 0. The minimum atomic E-state index is 0.355. The monoisotopic (exact) mass is 168 g/mol. The van der Waals surface area contributed by atoms with Crippen molar-refractivity contribution in [1.82, 2.24) is 0 Å². The second-order valence-electron chi connectivity index (χ2n) is 1.90. The molecule has 2 nitrogen and oxygen atoms in total. The molecule has 1 aromatic rings. The molecule has 1 aromatic carbocycles. The van der Waals surface area contributed by atoms with Gasteiger partial charge in [-0.05, 0) is 12.2 Å². The summed E-state index contributed by atoms with van der Waals surface area (Å²) in [6, 6.07) is 9.42. The van der Waals surface area contributed by atoms with Gasteiger partial charge in [0.15, 0.2) is 0 Å². The number of benzene rings is 1. The van der Waals surface area contributed by atoms with E-state index in [-0.39, 0.29) is 0 Å².